The van der Waals surface area contributed by atoms with Gasteiger partial charge in [-0.1, -0.05) is 30.3 Å². The van der Waals surface area contributed by atoms with Gasteiger partial charge in [-0.05, 0) is 17.7 Å². The average molecular weight is 252 g/mol. The first-order chi connectivity index (χ1) is 9.24. The number of carbonyl (C=O) groups is 1. The molecule has 3 aromatic rings. The summed E-state index contributed by atoms with van der Waals surface area (Å²) in [5.74, 6) is -0.0218. The van der Waals surface area contributed by atoms with Gasteiger partial charge in [0.15, 0.2) is 0 Å². The Morgan fingerprint density at radius 2 is 2.00 bits per heavy atom. The third-order valence-corrected chi connectivity index (χ3v) is 3.06. The summed E-state index contributed by atoms with van der Waals surface area (Å²) >= 11 is 0. The first-order valence-electron chi connectivity index (χ1n) is 5.97. The van der Waals surface area contributed by atoms with Crippen molar-refractivity contribution in [2.24, 2.45) is 0 Å². The third kappa shape index (κ3) is 2.20. The van der Waals surface area contributed by atoms with Gasteiger partial charge in [0.25, 0.3) is 0 Å². The topological polar surface area (TPSA) is 54.6 Å². The van der Waals surface area contributed by atoms with Crippen LogP contribution in [0.2, 0.25) is 0 Å². The number of aromatic carboxylic acids is 1. The van der Waals surface area contributed by atoms with Gasteiger partial charge in [-0.15, -0.1) is 0 Å². The molecule has 0 aliphatic heterocycles. The van der Waals surface area contributed by atoms with Crippen LogP contribution in [0.25, 0.3) is 5.52 Å². The van der Waals surface area contributed by atoms with Crippen LogP contribution in [0.5, 0.6) is 0 Å². The summed E-state index contributed by atoms with van der Waals surface area (Å²) < 4.78 is 1.92. The molecule has 4 heteroatoms. The van der Waals surface area contributed by atoms with E-state index in [2.05, 4.69) is 4.98 Å². The Hall–Kier alpha value is -2.62. The van der Waals surface area contributed by atoms with Crippen molar-refractivity contribution in [2.75, 3.05) is 0 Å². The van der Waals surface area contributed by atoms with Crippen LogP contribution in [0.3, 0.4) is 0 Å². The summed E-state index contributed by atoms with van der Waals surface area (Å²) in [5.41, 5.74) is 2.25. The van der Waals surface area contributed by atoms with E-state index in [4.69, 9.17) is 5.11 Å². The maximum atomic E-state index is 10.9. The number of nitrogens with zero attached hydrogens (tertiary/aromatic N) is 2. The number of imidazole rings is 1. The second-order valence-electron chi connectivity index (χ2n) is 4.35. The molecule has 94 valence electrons. The van der Waals surface area contributed by atoms with Crippen molar-refractivity contribution in [3.63, 3.8) is 0 Å². The Morgan fingerprint density at radius 3 is 2.74 bits per heavy atom. The molecule has 1 aromatic carbocycles. The van der Waals surface area contributed by atoms with Crippen molar-refractivity contribution in [3.8, 4) is 0 Å². The highest BCUT2D eigenvalue weighted by molar-refractivity contribution is 5.88. The maximum absolute atomic E-state index is 10.9. The van der Waals surface area contributed by atoms with Crippen molar-refractivity contribution in [2.45, 2.75) is 6.42 Å². The van der Waals surface area contributed by atoms with E-state index in [-0.39, 0.29) is 5.56 Å². The van der Waals surface area contributed by atoms with Crippen LogP contribution in [0.15, 0.2) is 54.9 Å². The Bertz CT molecular complexity index is 732. The SMILES string of the molecule is O=C(O)c1ccn2c(Cc3ccccc3)ncc2c1. The van der Waals surface area contributed by atoms with Gasteiger partial charge in [-0.2, -0.15) is 0 Å². The normalized spacial score (nSPS) is 10.7. The van der Waals surface area contributed by atoms with Crippen molar-refractivity contribution in [1.82, 2.24) is 9.38 Å². The van der Waals surface area contributed by atoms with Gasteiger partial charge >= 0.3 is 5.97 Å². The van der Waals surface area contributed by atoms with Crippen LogP contribution >= 0.6 is 0 Å². The Morgan fingerprint density at radius 1 is 1.21 bits per heavy atom. The average Bonchev–Trinajstić information content (AvgIpc) is 2.82. The fourth-order valence-corrected chi connectivity index (χ4v) is 2.10. The summed E-state index contributed by atoms with van der Waals surface area (Å²) in [4.78, 5) is 15.3. The summed E-state index contributed by atoms with van der Waals surface area (Å²) in [6, 6.07) is 13.3. The quantitative estimate of drug-likeness (QED) is 0.779. The summed E-state index contributed by atoms with van der Waals surface area (Å²) in [5, 5.41) is 8.96. The zero-order valence-corrected chi connectivity index (χ0v) is 10.2. The Labute approximate surface area is 110 Å². The van der Waals surface area contributed by atoms with Crippen LogP contribution < -0.4 is 0 Å². The van der Waals surface area contributed by atoms with Crippen LogP contribution in [0.4, 0.5) is 0 Å². The van der Waals surface area contributed by atoms with Gasteiger partial charge in [-0.25, -0.2) is 9.78 Å². The molecule has 0 unspecified atom stereocenters. The molecular weight excluding hydrogens is 240 g/mol. The molecule has 0 spiro atoms. The molecule has 0 aliphatic carbocycles. The predicted octanol–water partition coefficient (Wildman–Crippen LogP) is 2.62. The highest BCUT2D eigenvalue weighted by Gasteiger charge is 2.08. The van der Waals surface area contributed by atoms with E-state index in [1.165, 1.54) is 5.56 Å². The maximum Gasteiger partial charge on any atom is 0.335 e. The zero-order valence-electron chi connectivity index (χ0n) is 10.2. The number of fused-ring (bicyclic) bond motifs is 1. The number of rotatable bonds is 3. The molecule has 0 atom stereocenters. The molecule has 19 heavy (non-hydrogen) atoms. The van der Waals surface area contributed by atoms with Gasteiger partial charge in [0.05, 0.1) is 17.3 Å². The lowest BCUT2D eigenvalue weighted by Crippen LogP contribution is -2.00. The molecule has 4 nitrogen and oxygen atoms in total. The lowest BCUT2D eigenvalue weighted by atomic mass is 10.1. The van der Waals surface area contributed by atoms with Crippen molar-refractivity contribution >= 4 is 11.5 Å². The first-order valence-corrected chi connectivity index (χ1v) is 5.97. The fraction of sp³-hybridized carbons (Fsp3) is 0.0667. The van der Waals surface area contributed by atoms with Gasteiger partial charge in [0, 0.05) is 12.6 Å². The van der Waals surface area contributed by atoms with Crippen LogP contribution in [-0.2, 0) is 6.42 Å². The van der Waals surface area contributed by atoms with E-state index < -0.39 is 5.97 Å². The van der Waals surface area contributed by atoms with E-state index in [0.717, 1.165) is 17.8 Å². The van der Waals surface area contributed by atoms with Crippen LogP contribution in [0.1, 0.15) is 21.7 Å². The molecule has 1 N–H and O–H groups in total. The molecule has 0 aliphatic rings. The third-order valence-electron chi connectivity index (χ3n) is 3.06. The van der Waals surface area contributed by atoms with E-state index in [1.807, 2.05) is 34.7 Å². The molecule has 0 saturated heterocycles. The molecule has 2 heterocycles. The minimum Gasteiger partial charge on any atom is -0.478 e. The van der Waals surface area contributed by atoms with Crippen molar-refractivity contribution in [1.29, 1.82) is 0 Å². The minimum atomic E-state index is -0.923. The molecule has 0 radical (unpaired) electrons. The second kappa shape index (κ2) is 4.57. The fourth-order valence-electron chi connectivity index (χ4n) is 2.10. The zero-order chi connectivity index (χ0) is 13.2. The number of carboxylic acids is 1. The molecule has 0 saturated carbocycles. The lowest BCUT2D eigenvalue weighted by molar-refractivity contribution is 0.0697. The highest BCUT2D eigenvalue weighted by atomic mass is 16.4. The van der Waals surface area contributed by atoms with E-state index >= 15 is 0 Å². The largest absolute Gasteiger partial charge is 0.478 e. The van der Waals surface area contributed by atoms with Gasteiger partial charge in [0.1, 0.15) is 5.82 Å². The van der Waals surface area contributed by atoms with E-state index in [0.29, 0.717) is 0 Å². The molecule has 0 bridgehead atoms. The monoisotopic (exact) mass is 252 g/mol. The van der Waals surface area contributed by atoms with E-state index in [9.17, 15) is 4.79 Å². The molecular formula is C15H12N2O2. The number of pyridine rings is 1. The molecule has 2 aromatic heterocycles. The predicted molar refractivity (Wildman–Crippen MR) is 71.4 cm³/mol. The molecule has 0 fully saturated rings. The first kappa shape index (κ1) is 11.5. The summed E-state index contributed by atoms with van der Waals surface area (Å²) in [6.45, 7) is 0. The molecule has 3 rings (SSSR count). The van der Waals surface area contributed by atoms with Gasteiger partial charge < -0.3 is 9.51 Å². The highest BCUT2D eigenvalue weighted by Crippen LogP contribution is 2.13. The van der Waals surface area contributed by atoms with Crippen LogP contribution in [0, 0.1) is 0 Å². The molecule has 0 amide bonds. The van der Waals surface area contributed by atoms with Gasteiger partial charge in [0.2, 0.25) is 0 Å². The number of hydrogen-bond acceptors (Lipinski definition) is 2. The number of carboxylic acid groups (broad SMARTS) is 1. The van der Waals surface area contributed by atoms with Crippen molar-refractivity contribution < 1.29 is 9.90 Å². The minimum absolute atomic E-state index is 0.277. The van der Waals surface area contributed by atoms with E-state index in [1.54, 1.807) is 24.5 Å². The summed E-state index contributed by atoms with van der Waals surface area (Å²) in [6.07, 6.45) is 4.18. The standard InChI is InChI=1S/C15H12N2O2/c18-15(19)12-6-7-17-13(9-12)10-16-14(17)8-11-4-2-1-3-5-11/h1-7,9-10H,8H2,(H,18,19). The summed E-state index contributed by atoms with van der Waals surface area (Å²) in [7, 11) is 0. The van der Waals surface area contributed by atoms with Crippen LogP contribution in [-0.4, -0.2) is 20.5 Å². The Kier molecular flexibility index (Phi) is 2.76. The number of benzene rings is 1. The number of aromatic nitrogens is 2. The second-order valence-corrected chi connectivity index (χ2v) is 4.35. The lowest BCUT2D eigenvalue weighted by Gasteiger charge is -2.02. The van der Waals surface area contributed by atoms with Crippen molar-refractivity contribution in [3.05, 3.63) is 71.8 Å². The van der Waals surface area contributed by atoms with Gasteiger partial charge in [-0.3, -0.25) is 0 Å². The number of hydrogen-bond donors (Lipinski definition) is 1. The Balaban J connectivity index is 1.99. The smallest absolute Gasteiger partial charge is 0.335 e.